The standard InChI is InChI=1S/C8H13BrF3NO2/c9-4-2-1-3-7(15)13-5-6(14)8(10,11)12/h6,14H,1-5H2,(H,13,15). The number of nitrogens with one attached hydrogen (secondary N) is 1. The summed E-state index contributed by atoms with van der Waals surface area (Å²) in [7, 11) is 0. The highest BCUT2D eigenvalue weighted by Crippen LogP contribution is 2.19. The molecule has 1 unspecified atom stereocenters. The van der Waals surface area contributed by atoms with Crippen LogP contribution in [0.15, 0.2) is 0 Å². The minimum Gasteiger partial charge on any atom is -0.382 e. The van der Waals surface area contributed by atoms with E-state index < -0.39 is 24.7 Å². The molecule has 0 aromatic heterocycles. The Bertz CT molecular complexity index is 199. The summed E-state index contributed by atoms with van der Waals surface area (Å²) in [5.74, 6) is -0.473. The Balaban J connectivity index is 3.62. The monoisotopic (exact) mass is 291 g/mol. The van der Waals surface area contributed by atoms with E-state index in [0.717, 1.165) is 11.8 Å². The summed E-state index contributed by atoms with van der Waals surface area (Å²) in [6.07, 6.45) is -5.59. The molecule has 0 rings (SSSR count). The van der Waals surface area contributed by atoms with Gasteiger partial charge in [-0.3, -0.25) is 4.79 Å². The molecule has 0 aliphatic rings. The maximum absolute atomic E-state index is 11.8. The van der Waals surface area contributed by atoms with Crippen molar-refractivity contribution in [2.24, 2.45) is 0 Å². The number of alkyl halides is 4. The Labute approximate surface area is 94.2 Å². The molecule has 15 heavy (non-hydrogen) atoms. The van der Waals surface area contributed by atoms with Crippen LogP contribution in [0, 0.1) is 0 Å². The lowest BCUT2D eigenvalue weighted by molar-refractivity contribution is -0.201. The number of hydrogen-bond acceptors (Lipinski definition) is 2. The second kappa shape index (κ2) is 7.05. The summed E-state index contributed by atoms with van der Waals surface area (Å²) in [6, 6.07) is 0. The summed E-state index contributed by atoms with van der Waals surface area (Å²) in [5, 5.41) is 11.3. The summed E-state index contributed by atoms with van der Waals surface area (Å²) in [4.78, 5) is 10.9. The van der Waals surface area contributed by atoms with E-state index in [2.05, 4.69) is 15.9 Å². The molecule has 0 saturated carbocycles. The quantitative estimate of drug-likeness (QED) is 0.577. The minimum absolute atomic E-state index is 0.177. The van der Waals surface area contributed by atoms with Gasteiger partial charge < -0.3 is 10.4 Å². The summed E-state index contributed by atoms with van der Waals surface area (Å²) < 4.78 is 35.4. The van der Waals surface area contributed by atoms with Crippen molar-refractivity contribution in [3.63, 3.8) is 0 Å². The number of unbranched alkanes of at least 4 members (excludes halogenated alkanes) is 1. The molecule has 0 heterocycles. The Morgan fingerprint density at radius 2 is 2.00 bits per heavy atom. The molecule has 90 valence electrons. The molecule has 0 radical (unpaired) electrons. The second-order valence-corrected chi connectivity index (χ2v) is 3.80. The van der Waals surface area contributed by atoms with Crippen molar-refractivity contribution in [1.29, 1.82) is 0 Å². The first kappa shape index (κ1) is 14.7. The van der Waals surface area contributed by atoms with E-state index in [-0.39, 0.29) is 6.42 Å². The average molecular weight is 292 g/mol. The fraction of sp³-hybridized carbons (Fsp3) is 0.875. The van der Waals surface area contributed by atoms with Crippen LogP contribution in [0.3, 0.4) is 0 Å². The molecule has 0 spiro atoms. The highest BCUT2D eigenvalue weighted by atomic mass is 79.9. The normalized spacial score (nSPS) is 13.7. The zero-order chi connectivity index (χ0) is 11.9. The van der Waals surface area contributed by atoms with Crippen LogP contribution in [-0.2, 0) is 4.79 Å². The number of halogens is 4. The van der Waals surface area contributed by atoms with Gasteiger partial charge in [-0.1, -0.05) is 15.9 Å². The zero-order valence-corrected chi connectivity index (χ0v) is 9.57. The van der Waals surface area contributed by atoms with E-state index in [0.29, 0.717) is 6.42 Å². The van der Waals surface area contributed by atoms with Crippen LogP contribution in [0.2, 0.25) is 0 Å². The van der Waals surface area contributed by atoms with E-state index >= 15 is 0 Å². The van der Waals surface area contributed by atoms with E-state index in [1.807, 2.05) is 5.32 Å². The van der Waals surface area contributed by atoms with Crippen LogP contribution in [0.25, 0.3) is 0 Å². The van der Waals surface area contributed by atoms with Crippen LogP contribution in [-0.4, -0.2) is 35.2 Å². The van der Waals surface area contributed by atoms with Gasteiger partial charge in [-0.25, -0.2) is 0 Å². The Morgan fingerprint density at radius 3 is 2.47 bits per heavy atom. The number of aliphatic hydroxyl groups is 1. The van der Waals surface area contributed by atoms with Gasteiger partial charge in [-0.2, -0.15) is 13.2 Å². The van der Waals surface area contributed by atoms with Crippen LogP contribution in [0.1, 0.15) is 19.3 Å². The summed E-state index contributed by atoms with van der Waals surface area (Å²) >= 11 is 3.17. The van der Waals surface area contributed by atoms with Crippen LogP contribution >= 0.6 is 15.9 Å². The van der Waals surface area contributed by atoms with Crippen molar-refractivity contribution in [2.45, 2.75) is 31.5 Å². The van der Waals surface area contributed by atoms with E-state index in [4.69, 9.17) is 5.11 Å². The predicted molar refractivity (Wildman–Crippen MR) is 52.7 cm³/mol. The van der Waals surface area contributed by atoms with Gasteiger partial charge in [0.1, 0.15) is 0 Å². The molecule has 0 aromatic carbocycles. The minimum atomic E-state index is -4.68. The average Bonchev–Trinajstić information content (AvgIpc) is 2.13. The molecule has 1 atom stereocenters. The van der Waals surface area contributed by atoms with Gasteiger partial charge in [0.25, 0.3) is 0 Å². The number of carbonyl (C=O) groups excluding carboxylic acids is 1. The molecule has 0 fully saturated rings. The zero-order valence-electron chi connectivity index (χ0n) is 7.98. The van der Waals surface area contributed by atoms with Gasteiger partial charge in [-0.05, 0) is 12.8 Å². The van der Waals surface area contributed by atoms with Crippen molar-refractivity contribution in [3.8, 4) is 0 Å². The number of carbonyl (C=O) groups is 1. The molecule has 0 aliphatic carbocycles. The van der Waals surface area contributed by atoms with Crippen molar-refractivity contribution >= 4 is 21.8 Å². The lowest BCUT2D eigenvalue weighted by Crippen LogP contribution is -2.40. The lowest BCUT2D eigenvalue weighted by Gasteiger charge is -2.14. The highest BCUT2D eigenvalue weighted by molar-refractivity contribution is 9.09. The fourth-order valence-electron chi connectivity index (χ4n) is 0.795. The Hall–Kier alpha value is -0.300. The van der Waals surface area contributed by atoms with Gasteiger partial charge in [0.05, 0.1) is 6.54 Å². The topological polar surface area (TPSA) is 49.3 Å². The highest BCUT2D eigenvalue weighted by Gasteiger charge is 2.38. The third-order valence-electron chi connectivity index (χ3n) is 1.66. The molecule has 0 aliphatic heterocycles. The van der Waals surface area contributed by atoms with Gasteiger partial charge in [0.2, 0.25) is 5.91 Å². The summed E-state index contributed by atoms with van der Waals surface area (Å²) in [6.45, 7) is -0.781. The van der Waals surface area contributed by atoms with Crippen LogP contribution < -0.4 is 5.32 Å². The van der Waals surface area contributed by atoms with Crippen LogP contribution in [0.4, 0.5) is 13.2 Å². The Kier molecular flexibility index (Phi) is 6.91. The second-order valence-electron chi connectivity index (χ2n) is 3.01. The maximum Gasteiger partial charge on any atom is 0.416 e. The van der Waals surface area contributed by atoms with Crippen molar-refractivity contribution < 1.29 is 23.1 Å². The van der Waals surface area contributed by atoms with Crippen molar-refractivity contribution in [3.05, 3.63) is 0 Å². The van der Waals surface area contributed by atoms with Gasteiger partial charge in [0.15, 0.2) is 6.10 Å². The molecule has 0 saturated heterocycles. The number of amides is 1. The SMILES string of the molecule is O=C(CCCCBr)NCC(O)C(F)(F)F. The van der Waals surface area contributed by atoms with E-state index in [1.54, 1.807) is 0 Å². The molecular formula is C8H13BrF3NO2. The lowest BCUT2D eigenvalue weighted by atomic mass is 10.2. The fourth-order valence-corrected chi connectivity index (χ4v) is 1.19. The summed E-state index contributed by atoms with van der Waals surface area (Å²) in [5.41, 5.74) is 0. The van der Waals surface area contributed by atoms with Gasteiger partial charge in [-0.15, -0.1) is 0 Å². The van der Waals surface area contributed by atoms with E-state index in [9.17, 15) is 18.0 Å². The largest absolute Gasteiger partial charge is 0.416 e. The molecule has 2 N–H and O–H groups in total. The maximum atomic E-state index is 11.8. The smallest absolute Gasteiger partial charge is 0.382 e. The molecule has 7 heteroatoms. The van der Waals surface area contributed by atoms with Crippen LogP contribution in [0.5, 0.6) is 0 Å². The number of aliphatic hydroxyl groups excluding tert-OH is 1. The first-order valence-electron chi connectivity index (χ1n) is 4.45. The first-order valence-corrected chi connectivity index (χ1v) is 5.57. The molecule has 0 bridgehead atoms. The molecular weight excluding hydrogens is 279 g/mol. The van der Waals surface area contributed by atoms with Gasteiger partial charge >= 0.3 is 6.18 Å². The predicted octanol–water partition coefficient (Wildman–Crippen LogP) is 1.59. The van der Waals surface area contributed by atoms with Crippen molar-refractivity contribution in [2.75, 3.05) is 11.9 Å². The van der Waals surface area contributed by atoms with E-state index in [1.165, 1.54) is 0 Å². The Morgan fingerprint density at radius 1 is 1.40 bits per heavy atom. The third kappa shape index (κ3) is 7.61. The molecule has 3 nitrogen and oxygen atoms in total. The molecule has 1 amide bonds. The molecule has 0 aromatic rings. The first-order chi connectivity index (χ1) is 6.88. The van der Waals surface area contributed by atoms with Gasteiger partial charge in [0, 0.05) is 11.8 Å². The number of hydrogen-bond donors (Lipinski definition) is 2. The third-order valence-corrected chi connectivity index (χ3v) is 2.22. The van der Waals surface area contributed by atoms with Crippen molar-refractivity contribution in [1.82, 2.24) is 5.32 Å². The number of rotatable bonds is 6.